The number of rotatable bonds is 8. The van der Waals surface area contributed by atoms with Gasteiger partial charge in [0.15, 0.2) is 0 Å². The van der Waals surface area contributed by atoms with E-state index < -0.39 is 0 Å². The number of aryl methyl sites for hydroxylation is 1. The first kappa shape index (κ1) is 19.2. The average Bonchev–Trinajstić information content (AvgIpc) is 2.60. The van der Waals surface area contributed by atoms with Crippen LogP contribution in [0.1, 0.15) is 48.6 Å². The number of aromatic nitrogens is 2. The van der Waals surface area contributed by atoms with Crippen LogP contribution in [-0.4, -0.2) is 29.0 Å². The Kier molecular flexibility index (Phi) is 7.19. The number of carbonyl (C=O) groups excluding carboxylic acids is 1. The van der Waals surface area contributed by atoms with E-state index in [1.807, 2.05) is 31.2 Å². The summed E-state index contributed by atoms with van der Waals surface area (Å²) in [7, 11) is 0. The van der Waals surface area contributed by atoms with Crippen molar-refractivity contribution in [2.45, 2.75) is 40.2 Å². The lowest BCUT2D eigenvalue weighted by Gasteiger charge is -2.23. The zero-order valence-corrected chi connectivity index (χ0v) is 15.8. The summed E-state index contributed by atoms with van der Waals surface area (Å²) in [5.41, 5.74) is 1.26. The zero-order chi connectivity index (χ0) is 18.2. The van der Waals surface area contributed by atoms with Gasteiger partial charge in [-0.05, 0) is 31.4 Å². The molecule has 2 rings (SSSR count). The van der Waals surface area contributed by atoms with Crippen LogP contribution in [0.4, 0.5) is 5.82 Å². The fourth-order valence-electron chi connectivity index (χ4n) is 2.62. The maximum atomic E-state index is 12.5. The molecular formula is C19H25ClN4O. The van der Waals surface area contributed by atoms with Crippen molar-refractivity contribution in [2.75, 3.05) is 18.0 Å². The van der Waals surface area contributed by atoms with Crippen LogP contribution in [-0.2, 0) is 6.54 Å². The molecule has 25 heavy (non-hydrogen) atoms. The predicted octanol–water partition coefficient (Wildman–Crippen LogP) is 3.99. The van der Waals surface area contributed by atoms with Gasteiger partial charge < -0.3 is 10.2 Å². The van der Waals surface area contributed by atoms with Crippen LogP contribution in [0.3, 0.4) is 0 Å². The van der Waals surface area contributed by atoms with E-state index in [-0.39, 0.29) is 5.91 Å². The van der Waals surface area contributed by atoms with E-state index in [4.69, 9.17) is 11.6 Å². The lowest BCUT2D eigenvalue weighted by Crippen LogP contribution is -2.28. The fourth-order valence-corrected chi connectivity index (χ4v) is 2.82. The molecule has 134 valence electrons. The zero-order valence-electron chi connectivity index (χ0n) is 15.1. The smallest absolute Gasteiger partial charge is 0.270 e. The number of halogens is 1. The standard InChI is InChI=1S/C19H25ClN4O/c1-4-10-24(11-5-2)18-12-17(22-14(3)23-18)19(25)21-13-15-8-6-7-9-16(15)20/h6-9,12H,4-5,10-11,13H2,1-3H3,(H,21,25). The highest BCUT2D eigenvalue weighted by molar-refractivity contribution is 6.31. The number of benzene rings is 1. The molecule has 1 heterocycles. The van der Waals surface area contributed by atoms with Crippen molar-refractivity contribution in [1.82, 2.24) is 15.3 Å². The average molecular weight is 361 g/mol. The first-order chi connectivity index (χ1) is 12.0. The molecule has 1 aromatic heterocycles. The van der Waals surface area contributed by atoms with Crippen molar-refractivity contribution in [2.24, 2.45) is 0 Å². The van der Waals surface area contributed by atoms with E-state index in [0.29, 0.717) is 23.1 Å². The Hall–Kier alpha value is -2.14. The van der Waals surface area contributed by atoms with Crippen LogP contribution in [0.25, 0.3) is 0 Å². The summed E-state index contributed by atoms with van der Waals surface area (Å²) in [5, 5.41) is 3.52. The maximum absolute atomic E-state index is 12.5. The minimum atomic E-state index is -0.223. The highest BCUT2D eigenvalue weighted by Gasteiger charge is 2.14. The molecule has 0 spiro atoms. The highest BCUT2D eigenvalue weighted by Crippen LogP contribution is 2.16. The normalized spacial score (nSPS) is 10.6. The van der Waals surface area contributed by atoms with Crippen LogP contribution in [0, 0.1) is 6.92 Å². The van der Waals surface area contributed by atoms with Crippen molar-refractivity contribution in [3.05, 3.63) is 52.4 Å². The van der Waals surface area contributed by atoms with E-state index in [9.17, 15) is 4.79 Å². The molecule has 0 fully saturated rings. The number of carbonyl (C=O) groups is 1. The van der Waals surface area contributed by atoms with Crippen molar-refractivity contribution in [1.29, 1.82) is 0 Å². The molecule has 0 bridgehead atoms. The fraction of sp³-hybridized carbons (Fsp3) is 0.421. The van der Waals surface area contributed by atoms with Gasteiger partial charge in [-0.25, -0.2) is 9.97 Å². The van der Waals surface area contributed by atoms with Gasteiger partial charge in [0.25, 0.3) is 5.91 Å². The van der Waals surface area contributed by atoms with E-state index in [1.54, 1.807) is 6.07 Å². The van der Waals surface area contributed by atoms with Crippen LogP contribution < -0.4 is 10.2 Å². The van der Waals surface area contributed by atoms with Gasteiger partial charge in [0, 0.05) is 30.7 Å². The molecule has 0 aliphatic heterocycles. The molecule has 6 heteroatoms. The minimum absolute atomic E-state index is 0.223. The van der Waals surface area contributed by atoms with Gasteiger partial charge in [-0.15, -0.1) is 0 Å². The summed E-state index contributed by atoms with van der Waals surface area (Å²) in [4.78, 5) is 23.5. The van der Waals surface area contributed by atoms with Gasteiger partial charge in [-0.2, -0.15) is 0 Å². The third-order valence-electron chi connectivity index (χ3n) is 3.77. The lowest BCUT2D eigenvalue weighted by atomic mass is 10.2. The molecular weight excluding hydrogens is 336 g/mol. The molecule has 0 aliphatic carbocycles. The van der Waals surface area contributed by atoms with Gasteiger partial charge >= 0.3 is 0 Å². The molecule has 0 atom stereocenters. The van der Waals surface area contributed by atoms with Gasteiger partial charge in [-0.1, -0.05) is 43.6 Å². The molecule has 1 N–H and O–H groups in total. The minimum Gasteiger partial charge on any atom is -0.357 e. The Labute approximate surface area is 154 Å². The maximum Gasteiger partial charge on any atom is 0.270 e. The number of amides is 1. The second kappa shape index (κ2) is 9.37. The Morgan fingerprint density at radius 1 is 1.16 bits per heavy atom. The molecule has 0 unspecified atom stereocenters. The summed E-state index contributed by atoms with van der Waals surface area (Å²) >= 11 is 6.13. The van der Waals surface area contributed by atoms with E-state index in [2.05, 4.69) is 34.0 Å². The molecule has 1 amide bonds. The topological polar surface area (TPSA) is 58.1 Å². The van der Waals surface area contributed by atoms with Gasteiger partial charge in [0.1, 0.15) is 17.3 Å². The van der Waals surface area contributed by atoms with E-state index >= 15 is 0 Å². The summed E-state index contributed by atoms with van der Waals surface area (Å²) in [6.45, 7) is 8.26. The second-order valence-corrected chi connectivity index (χ2v) is 6.33. The number of anilines is 1. The van der Waals surface area contributed by atoms with Crippen LogP contribution in [0.15, 0.2) is 30.3 Å². The number of nitrogens with one attached hydrogen (secondary N) is 1. The molecule has 2 aromatic rings. The van der Waals surface area contributed by atoms with Crippen molar-refractivity contribution in [3.63, 3.8) is 0 Å². The summed E-state index contributed by atoms with van der Waals surface area (Å²) in [6, 6.07) is 9.23. The molecule has 0 saturated heterocycles. The third-order valence-corrected chi connectivity index (χ3v) is 4.13. The largest absolute Gasteiger partial charge is 0.357 e. The summed E-state index contributed by atoms with van der Waals surface area (Å²) < 4.78 is 0. The number of hydrogen-bond donors (Lipinski definition) is 1. The SMILES string of the molecule is CCCN(CCC)c1cc(C(=O)NCc2ccccc2Cl)nc(C)n1. The predicted molar refractivity (Wildman–Crippen MR) is 102 cm³/mol. The first-order valence-electron chi connectivity index (χ1n) is 8.67. The van der Waals surface area contributed by atoms with Crippen LogP contribution in [0.5, 0.6) is 0 Å². The lowest BCUT2D eigenvalue weighted by molar-refractivity contribution is 0.0945. The Bertz CT molecular complexity index is 714. The van der Waals surface area contributed by atoms with E-state index in [0.717, 1.165) is 37.3 Å². The summed E-state index contributed by atoms with van der Waals surface area (Å²) in [5.74, 6) is 1.18. The first-order valence-corrected chi connectivity index (χ1v) is 9.05. The Morgan fingerprint density at radius 3 is 2.48 bits per heavy atom. The quantitative estimate of drug-likeness (QED) is 0.773. The molecule has 5 nitrogen and oxygen atoms in total. The van der Waals surface area contributed by atoms with E-state index in [1.165, 1.54) is 0 Å². The van der Waals surface area contributed by atoms with Crippen molar-refractivity contribution in [3.8, 4) is 0 Å². The Morgan fingerprint density at radius 2 is 1.84 bits per heavy atom. The van der Waals surface area contributed by atoms with Gasteiger partial charge in [0.2, 0.25) is 0 Å². The number of hydrogen-bond acceptors (Lipinski definition) is 4. The molecule has 0 aliphatic rings. The highest BCUT2D eigenvalue weighted by atomic mass is 35.5. The second-order valence-electron chi connectivity index (χ2n) is 5.92. The monoisotopic (exact) mass is 360 g/mol. The van der Waals surface area contributed by atoms with Gasteiger partial charge in [0.05, 0.1) is 0 Å². The molecule has 0 saturated carbocycles. The summed E-state index contributed by atoms with van der Waals surface area (Å²) in [6.07, 6.45) is 2.05. The van der Waals surface area contributed by atoms with Crippen LogP contribution >= 0.6 is 11.6 Å². The number of nitrogens with zero attached hydrogens (tertiary/aromatic N) is 3. The van der Waals surface area contributed by atoms with Crippen LogP contribution in [0.2, 0.25) is 5.02 Å². The van der Waals surface area contributed by atoms with Crippen molar-refractivity contribution < 1.29 is 4.79 Å². The van der Waals surface area contributed by atoms with Crippen molar-refractivity contribution >= 4 is 23.3 Å². The van der Waals surface area contributed by atoms with Gasteiger partial charge in [-0.3, -0.25) is 4.79 Å². The third kappa shape index (κ3) is 5.43. The molecule has 0 radical (unpaired) electrons. The Balaban J connectivity index is 2.15. The molecule has 1 aromatic carbocycles.